The number of nitrogens with two attached hydrogens (primary N) is 1. The molecule has 0 radical (unpaired) electrons. The van der Waals surface area contributed by atoms with E-state index in [9.17, 15) is 0 Å². The maximum atomic E-state index is 5.87. The first-order chi connectivity index (χ1) is 9.56. The first-order valence-corrected chi connectivity index (χ1v) is 7.40. The lowest BCUT2D eigenvalue weighted by molar-refractivity contribution is 0.310. The molecule has 1 aromatic rings. The molecule has 0 aromatic heterocycles. The third kappa shape index (κ3) is 5.85. The second-order valence-electron chi connectivity index (χ2n) is 5.04. The Hall–Kier alpha value is -1.19. The van der Waals surface area contributed by atoms with Gasteiger partial charge < -0.3 is 15.2 Å². The van der Waals surface area contributed by atoms with Gasteiger partial charge in [-0.05, 0) is 43.9 Å². The van der Waals surface area contributed by atoms with Crippen LogP contribution in [0.2, 0.25) is 0 Å². The number of hydrogen-bond acceptors (Lipinski definition) is 3. The second-order valence-corrected chi connectivity index (χ2v) is 5.26. The lowest BCUT2D eigenvalue weighted by atomic mass is 10.1. The summed E-state index contributed by atoms with van der Waals surface area (Å²) in [5, 5.41) is 0. The smallest absolute Gasteiger partial charge is 0.126 e. The number of halogens is 1. The van der Waals surface area contributed by atoms with E-state index < -0.39 is 0 Å². The van der Waals surface area contributed by atoms with Crippen molar-refractivity contribution in [3.63, 3.8) is 0 Å². The first-order valence-electron chi connectivity index (χ1n) is 6.96. The van der Waals surface area contributed by atoms with Gasteiger partial charge in [0.25, 0.3) is 0 Å². The summed E-state index contributed by atoms with van der Waals surface area (Å²) in [6.07, 6.45) is 1.75. The Bertz CT molecular complexity index is 444. The highest BCUT2D eigenvalue weighted by Crippen LogP contribution is 2.26. The van der Waals surface area contributed by atoms with Crippen LogP contribution in [-0.4, -0.2) is 19.3 Å². The molecule has 2 N–H and O–H groups in total. The Labute approximate surface area is 126 Å². The van der Waals surface area contributed by atoms with Gasteiger partial charge in [-0.25, -0.2) is 0 Å². The molecule has 1 aromatic carbocycles. The predicted octanol–water partition coefficient (Wildman–Crippen LogP) is 3.89. The Morgan fingerprint density at radius 2 is 2.15 bits per heavy atom. The summed E-state index contributed by atoms with van der Waals surface area (Å²) in [4.78, 5) is 0. The van der Waals surface area contributed by atoms with Crippen molar-refractivity contribution in [2.24, 2.45) is 5.73 Å². The van der Waals surface area contributed by atoms with Crippen molar-refractivity contribution < 1.29 is 9.47 Å². The zero-order valence-corrected chi connectivity index (χ0v) is 13.2. The van der Waals surface area contributed by atoms with Crippen LogP contribution in [0.1, 0.15) is 32.8 Å². The van der Waals surface area contributed by atoms with E-state index in [1.807, 2.05) is 32.0 Å². The molecule has 1 atom stereocenters. The molecule has 20 heavy (non-hydrogen) atoms. The standard InChI is InChI=1S/C16H24ClNO2/c1-4-7-19-15-6-5-14(8-13(3)18)16(9-15)20-11-12(2)10-17/h5-6,9-10,13H,4,7-8,11,18H2,1-3H3/b12-10+. The SMILES string of the molecule is CCCOc1ccc(CC(C)N)c(OC/C(C)=C/Cl)c1. The van der Waals surface area contributed by atoms with Crippen LogP contribution in [0.25, 0.3) is 0 Å². The van der Waals surface area contributed by atoms with Crippen molar-refractivity contribution in [1.82, 2.24) is 0 Å². The number of hydrogen-bond donors (Lipinski definition) is 1. The van der Waals surface area contributed by atoms with Crippen LogP contribution < -0.4 is 15.2 Å². The minimum atomic E-state index is 0.0874. The van der Waals surface area contributed by atoms with Gasteiger partial charge in [0.1, 0.15) is 18.1 Å². The molecular formula is C16H24ClNO2. The van der Waals surface area contributed by atoms with Crippen LogP contribution in [0, 0.1) is 0 Å². The van der Waals surface area contributed by atoms with Gasteiger partial charge in [-0.1, -0.05) is 24.6 Å². The van der Waals surface area contributed by atoms with E-state index in [0.29, 0.717) is 13.2 Å². The summed E-state index contributed by atoms with van der Waals surface area (Å²) in [5.41, 5.74) is 9.46. The largest absolute Gasteiger partial charge is 0.493 e. The summed E-state index contributed by atoms with van der Waals surface area (Å²) in [7, 11) is 0. The molecule has 0 heterocycles. The predicted molar refractivity (Wildman–Crippen MR) is 84.7 cm³/mol. The minimum Gasteiger partial charge on any atom is -0.493 e. The lowest BCUT2D eigenvalue weighted by Gasteiger charge is -2.15. The molecule has 4 heteroatoms. The highest BCUT2D eigenvalue weighted by Gasteiger charge is 2.09. The third-order valence-corrected chi connectivity index (χ3v) is 3.07. The molecular weight excluding hydrogens is 274 g/mol. The molecule has 112 valence electrons. The van der Waals surface area contributed by atoms with Crippen molar-refractivity contribution in [3.05, 3.63) is 34.9 Å². The molecule has 0 fully saturated rings. The van der Waals surface area contributed by atoms with E-state index >= 15 is 0 Å². The normalized spacial score (nSPS) is 13.2. The van der Waals surface area contributed by atoms with Crippen molar-refractivity contribution in [1.29, 1.82) is 0 Å². The number of rotatable bonds is 8. The first kappa shape index (κ1) is 16.9. The Morgan fingerprint density at radius 1 is 1.40 bits per heavy atom. The minimum absolute atomic E-state index is 0.0874. The van der Waals surface area contributed by atoms with Gasteiger partial charge in [-0.2, -0.15) is 0 Å². The average Bonchev–Trinajstić information content (AvgIpc) is 2.43. The van der Waals surface area contributed by atoms with Crippen LogP contribution in [-0.2, 0) is 6.42 Å². The fourth-order valence-corrected chi connectivity index (χ4v) is 1.78. The van der Waals surface area contributed by atoms with Gasteiger partial charge in [0, 0.05) is 17.6 Å². The summed E-state index contributed by atoms with van der Waals surface area (Å²) < 4.78 is 11.5. The summed E-state index contributed by atoms with van der Waals surface area (Å²) in [6.45, 7) is 7.15. The maximum Gasteiger partial charge on any atom is 0.126 e. The van der Waals surface area contributed by atoms with Crippen LogP contribution in [0.15, 0.2) is 29.3 Å². The summed E-state index contributed by atoms with van der Waals surface area (Å²) in [6, 6.07) is 5.99. The molecule has 0 aliphatic rings. The van der Waals surface area contributed by atoms with Crippen molar-refractivity contribution in [2.75, 3.05) is 13.2 Å². The maximum absolute atomic E-state index is 5.87. The van der Waals surface area contributed by atoms with E-state index in [2.05, 4.69) is 6.92 Å². The van der Waals surface area contributed by atoms with Crippen molar-refractivity contribution >= 4 is 11.6 Å². The molecule has 0 saturated carbocycles. The molecule has 0 saturated heterocycles. The second kappa shape index (κ2) is 8.88. The number of ether oxygens (including phenoxy) is 2. The zero-order valence-electron chi connectivity index (χ0n) is 12.5. The van der Waals surface area contributed by atoms with Gasteiger partial charge in [0.05, 0.1) is 6.61 Å². The molecule has 1 rings (SSSR count). The van der Waals surface area contributed by atoms with E-state index in [0.717, 1.165) is 35.5 Å². The topological polar surface area (TPSA) is 44.5 Å². The zero-order chi connectivity index (χ0) is 15.0. The lowest BCUT2D eigenvalue weighted by Crippen LogP contribution is -2.18. The van der Waals surface area contributed by atoms with E-state index in [1.165, 1.54) is 5.54 Å². The molecule has 0 bridgehead atoms. The van der Waals surface area contributed by atoms with E-state index in [-0.39, 0.29) is 6.04 Å². The van der Waals surface area contributed by atoms with Gasteiger partial charge in [-0.3, -0.25) is 0 Å². The van der Waals surface area contributed by atoms with Crippen LogP contribution in [0.4, 0.5) is 0 Å². The van der Waals surface area contributed by atoms with Gasteiger partial charge >= 0.3 is 0 Å². The Kier molecular flexibility index (Phi) is 7.48. The van der Waals surface area contributed by atoms with Gasteiger partial charge in [-0.15, -0.1) is 0 Å². The summed E-state index contributed by atoms with van der Waals surface area (Å²) in [5.74, 6) is 1.64. The fourth-order valence-electron chi connectivity index (χ4n) is 1.72. The highest BCUT2D eigenvalue weighted by atomic mass is 35.5. The Balaban J connectivity index is 2.87. The monoisotopic (exact) mass is 297 g/mol. The molecule has 0 aliphatic heterocycles. The number of benzene rings is 1. The van der Waals surface area contributed by atoms with Crippen LogP contribution >= 0.6 is 11.6 Å². The van der Waals surface area contributed by atoms with E-state index in [4.69, 9.17) is 26.8 Å². The molecule has 0 spiro atoms. The molecule has 1 unspecified atom stereocenters. The molecule has 0 amide bonds. The van der Waals surface area contributed by atoms with Gasteiger partial charge in [0.15, 0.2) is 0 Å². The van der Waals surface area contributed by atoms with Crippen molar-refractivity contribution in [3.8, 4) is 11.5 Å². The quantitative estimate of drug-likeness (QED) is 0.792. The highest BCUT2D eigenvalue weighted by molar-refractivity contribution is 6.25. The summed E-state index contributed by atoms with van der Waals surface area (Å²) >= 11 is 5.66. The fraction of sp³-hybridized carbons (Fsp3) is 0.500. The third-order valence-electron chi connectivity index (χ3n) is 2.69. The Morgan fingerprint density at radius 3 is 2.75 bits per heavy atom. The molecule has 0 aliphatic carbocycles. The van der Waals surface area contributed by atoms with E-state index in [1.54, 1.807) is 0 Å². The average molecular weight is 298 g/mol. The van der Waals surface area contributed by atoms with Crippen LogP contribution in [0.5, 0.6) is 11.5 Å². The van der Waals surface area contributed by atoms with Crippen LogP contribution in [0.3, 0.4) is 0 Å². The molecule has 3 nitrogen and oxygen atoms in total. The van der Waals surface area contributed by atoms with Gasteiger partial charge in [0.2, 0.25) is 0 Å². The van der Waals surface area contributed by atoms with Crippen molar-refractivity contribution in [2.45, 2.75) is 39.7 Å².